The molecule has 0 spiro atoms. The Morgan fingerprint density at radius 1 is 1.20 bits per heavy atom. The van der Waals surface area contributed by atoms with Crippen molar-refractivity contribution in [2.75, 3.05) is 10.9 Å². The SMILES string of the molecule is CC(=NNc1ccc(C)cc1)C1=C(O)C(CC(=O)NNc2ccccc2Cl)NC1=O. The van der Waals surface area contributed by atoms with E-state index in [9.17, 15) is 14.7 Å². The van der Waals surface area contributed by atoms with Crippen LogP contribution in [0.2, 0.25) is 5.02 Å². The zero-order valence-electron chi connectivity index (χ0n) is 16.5. The monoisotopic (exact) mass is 427 g/mol. The van der Waals surface area contributed by atoms with Gasteiger partial charge in [0.2, 0.25) is 5.91 Å². The molecule has 8 nitrogen and oxygen atoms in total. The van der Waals surface area contributed by atoms with E-state index in [1.54, 1.807) is 31.2 Å². The van der Waals surface area contributed by atoms with E-state index in [0.717, 1.165) is 11.3 Å². The third-order valence-corrected chi connectivity index (χ3v) is 4.81. The van der Waals surface area contributed by atoms with Crippen LogP contribution in [0.3, 0.4) is 0 Å². The molecule has 0 radical (unpaired) electrons. The first-order valence-electron chi connectivity index (χ1n) is 9.26. The highest BCUT2D eigenvalue weighted by molar-refractivity contribution is 6.33. The van der Waals surface area contributed by atoms with Crippen LogP contribution in [0.4, 0.5) is 11.4 Å². The van der Waals surface area contributed by atoms with Gasteiger partial charge in [-0.15, -0.1) is 0 Å². The average molecular weight is 428 g/mol. The van der Waals surface area contributed by atoms with Crippen LogP contribution in [0, 0.1) is 6.92 Å². The van der Waals surface area contributed by atoms with Gasteiger partial charge in [-0.05, 0) is 38.1 Å². The largest absolute Gasteiger partial charge is 0.509 e. The quantitative estimate of drug-likeness (QED) is 0.343. The van der Waals surface area contributed by atoms with E-state index in [-0.39, 0.29) is 17.8 Å². The first-order valence-corrected chi connectivity index (χ1v) is 9.63. The number of carbonyl (C=O) groups is 2. The maximum absolute atomic E-state index is 12.3. The lowest BCUT2D eigenvalue weighted by molar-refractivity contribution is -0.121. The molecule has 0 aromatic heterocycles. The Labute approximate surface area is 179 Å². The number of nitrogens with zero attached hydrogens (tertiary/aromatic N) is 1. The van der Waals surface area contributed by atoms with E-state index < -0.39 is 17.9 Å². The van der Waals surface area contributed by atoms with E-state index in [0.29, 0.717) is 16.4 Å². The van der Waals surface area contributed by atoms with Crippen molar-refractivity contribution < 1.29 is 14.7 Å². The number of aliphatic hydroxyl groups excluding tert-OH is 1. The molecule has 0 aliphatic carbocycles. The maximum atomic E-state index is 12.3. The van der Waals surface area contributed by atoms with Crippen molar-refractivity contribution in [1.29, 1.82) is 0 Å². The van der Waals surface area contributed by atoms with Gasteiger partial charge in [0, 0.05) is 0 Å². The molecule has 1 aliphatic rings. The molecule has 2 amide bonds. The van der Waals surface area contributed by atoms with Crippen molar-refractivity contribution in [3.63, 3.8) is 0 Å². The van der Waals surface area contributed by atoms with Gasteiger partial charge in [0.25, 0.3) is 5.91 Å². The molecule has 5 N–H and O–H groups in total. The van der Waals surface area contributed by atoms with E-state index in [1.165, 1.54) is 0 Å². The summed E-state index contributed by atoms with van der Waals surface area (Å²) in [7, 11) is 0. The van der Waals surface area contributed by atoms with E-state index >= 15 is 0 Å². The van der Waals surface area contributed by atoms with Crippen LogP contribution in [0.5, 0.6) is 0 Å². The lowest BCUT2D eigenvalue weighted by Gasteiger charge is -2.13. The van der Waals surface area contributed by atoms with Crippen molar-refractivity contribution >= 4 is 40.5 Å². The van der Waals surface area contributed by atoms with Crippen LogP contribution in [-0.2, 0) is 9.59 Å². The number of hydrazone groups is 1. The number of hydrazine groups is 1. The number of amides is 2. The predicted molar refractivity (Wildman–Crippen MR) is 117 cm³/mol. The summed E-state index contributed by atoms with van der Waals surface area (Å²) < 4.78 is 0. The van der Waals surface area contributed by atoms with Gasteiger partial charge in [0.1, 0.15) is 11.3 Å². The minimum absolute atomic E-state index is 0.0477. The molecular weight excluding hydrogens is 406 g/mol. The molecule has 0 fully saturated rings. The van der Waals surface area contributed by atoms with Crippen LogP contribution in [0.25, 0.3) is 0 Å². The number of hydrogen-bond acceptors (Lipinski definition) is 6. The first-order chi connectivity index (χ1) is 14.3. The fourth-order valence-electron chi connectivity index (χ4n) is 2.86. The number of benzene rings is 2. The number of para-hydroxylation sites is 1. The van der Waals surface area contributed by atoms with Crippen molar-refractivity contribution in [2.45, 2.75) is 26.3 Å². The fraction of sp³-hybridized carbons (Fsp3) is 0.190. The highest BCUT2D eigenvalue weighted by Gasteiger charge is 2.34. The zero-order valence-corrected chi connectivity index (χ0v) is 17.2. The predicted octanol–water partition coefficient (Wildman–Crippen LogP) is 3.28. The van der Waals surface area contributed by atoms with E-state index in [1.807, 2.05) is 31.2 Å². The molecular formula is C21H22ClN5O3. The summed E-state index contributed by atoms with van der Waals surface area (Å²) in [5.74, 6) is -1.14. The number of carbonyl (C=O) groups excluding carboxylic acids is 2. The van der Waals surface area contributed by atoms with Crippen LogP contribution in [0.15, 0.2) is 65.0 Å². The van der Waals surface area contributed by atoms with Gasteiger partial charge >= 0.3 is 0 Å². The molecule has 1 unspecified atom stereocenters. The summed E-state index contributed by atoms with van der Waals surface area (Å²) in [4.78, 5) is 24.5. The molecule has 3 rings (SSSR count). The fourth-order valence-corrected chi connectivity index (χ4v) is 3.04. The number of aliphatic hydroxyl groups is 1. The standard InChI is InChI=1S/C21H22ClN5O3/c1-12-7-9-14(10-8-12)25-24-13(2)19-20(29)17(23-21(19)30)11-18(28)27-26-16-6-4-3-5-15(16)22/h3-10,17,25-26,29H,11H2,1-2H3,(H,23,30)(H,27,28). The van der Waals surface area contributed by atoms with Gasteiger partial charge < -0.3 is 10.4 Å². The molecule has 30 heavy (non-hydrogen) atoms. The van der Waals surface area contributed by atoms with Crippen LogP contribution in [0.1, 0.15) is 18.9 Å². The molecule has 0 bridgehead atoms. The lowest BCUT2D eigenvalue weighted by Crippen LogP contribution is -2.37. The Morgan fingerprint density at radius 2 is 1.90 bits per heavy atom. The molecule has 0 saturated heterocycles. The second-order valence-corrected chi connectivity index (χ2v) is 7.23. The summed E-state index contributed by atoms with van der Waals surface area (Å²) in [5.41, 5.74) is 10.8. The molecule has 156 valence electrons. The van der Waals surface area contributed by atoms with Crippen molar-refractivity contribution in [1.82, 2.24) is 10.7 Å². The number of aryl methyl sites for hydroxylation is 1. The third-order valence-electron chi connectivity index (χ3n) is 4.48. The Bertz CT molecular complexity index is 1020. The second kappa shape index (κ2) is 9.32. The van der Waals surface area contributed by atoms with Gasteiger partial charge in [-0.25, -0.2) is 0 Å². The van der Waals surface area contributed by atoms with Crippen molar-refractivity contribution in [3.05, 3.63) is 70.4 Å². The molecule has 2 aromatic carbocycles. The smallest absolute Gasteiger partial charge is 0.257 e. The Kier molecular flexibility index (Phi) is 6.58. The lowest BCUT2D eigenvalue weighted by atomic mass is 10.1. The van der Waals surface area contributed by atoms with Gasteiger partial charge in [-0.1, -0.05) is 41.4 Å². The minimum Gasteiger partial charge on any atom is -0.509 e. The van der Waals surface area contributed by atoms with Crippen LogP contribution in [-0.4, -0.2) is 28.7 Å². The summed E-state index contributed by atoms with van der Waals surface area (Å²) in [5, 5.41) is 17.7. The number of halogens is 1. The second-order valence-electron chi connectivity index (χ2n) is 6.82. The molecule has 2 aromatic rings. The van der Waals surface area contributed by atoms with E-state index in [4.69, 9.17) is 11.6 Å². The number of hydrogen-bond donors (Lipinski definition) is 5. The summed E-state index contributed by atoms with van der Waals surface area (Å²) in [6.45, 7) is 3.58. The number of nitrogens with one attached hydrogen (secondary N) is 4. The highest BCUT2D eigenvalue weighted by atomic mass is 35.5. The molecule has 0 saturated carbocycles. The highest BCUT2D eigenvalue weighted by Crippen LogP contribution is 2.21. The molecule has 1 aliphatic heterocycles. The van der Waals surface area contributed by atoms with E-state index in [2.05, 4.69) is 26.7 Å². The average Bonchev–Trinajstić information content (AvgIpc) is 2.99. The van der Waals surface area contributed by atoms with Gasteiger partial charge in [-0.3, -0.25) is 25.9 Å². The maximum Gasteiger partial charge on any atom is 0.257 e. The van der Waals surface area contributed by atoms with Gasteiger partial charge in [0.15, 0.2) is 0 Å². The van der Waals surface area contributed by atoms with Crippen molar-refractivity contribution in [2.24, 2.45) is 5.10 Å². The topological polar surface area (TPSA) is 115 Å². The first kappa shape index (κ1) is 21.2. The minimum atomic E-state index is -0.843. The summed E-state index contributed by atoms with van der Waals surface area (Å²) >= 11 is 6.02. The Hall–Kier alpha value is -3.52. The summed E-state index contributed by atoms with van der Waals surface area (Å²) in [6.07, 6.45) is -0.156. The summed E-state index contributed by atoms with van der Waals surface area (Å²) in [6, 6.07) is 13.6. The van der Waals surface area contributed by atoms with Crippen LogP contribution < -0.4 is 21.6 Å². The van der Waals surface area contributed by atoms with Gasteiger partial charge in [-0.2, -0.15) is 5.10 Å². The number of anilines is 2. The Morgan fingerprint density at radius 3 is 2.60 bits per heavy atom. The molecule has 1 heterocycles. The zero-order chi connectivity index (χ0) is 21.7. The van der Waals surface area contributed by atoms with Crippen LogP contribution >= 0.6 is 11.6 Å². The third kappa shape index (κ3) is 5.09. The Balaban J connectivity index is 1.62. The number of rotatable bonds is 7. The normalized spacial score (nSPS) is 16.3. The molecule has 1 atom stereocenters. The van der Waals surface area contributed by atoms with Gasteiger partial charge in [0.05, 0.1) is 34.6 Å². The van der Waals surface area contributed by atoms with Crippen molar-refractivity contribution in [3.8, 4) is 0 Å². The molecule has 9 heteroatoms.